The van der Waals surface area contributed by atoms with E-state index in [0.717, 1.165) is 42.5 Å². The molecule has 4 heteroatoms. The van der Waals surface area contributed by atoms with Gasteiger partial charge in [-0.25, -0.2) is 0 Å². The molecule has 1 amide bonds. The van der Waals surface area contributed by atoms with Crippen molar-refractivity contribution in [3.05, 3.63) is 65.7 Å². The monoisotopic (exact) mass is 337 g/mol. The minimum absolute atomic E-state index is 0.0339. The van der Waals surface area contributed by atoms with Gasteiger partial charge in [0.1, 0.15) is 0 Å². The zero-order valence-corrected chi connectivity index (χ0v) is 14.2. The van der Waals surface area contributed by atoms with Gasteiger partial charge < -0.3 is 10.4 Å². The van der Waals surface area contributed by atoms with Gasteiger partial charge in [0.2, 0.25) is 5.91 Å². The van der Waals surface area contributed by atoms with Crippen LogP contribution in [0.1, 0.15) is 43.2 Å². The number of carboxylic acids is 1. The van der Waals surface area contributed by atoms with Crippen molar-refractivity contribution >= 4 is 17.6 Å². The van der Waals surface area contributed by atoms with Crippen LogP contribution in [0, 0.1) is 0 Å². The van der Waals surface area contributed by atoms with Crippen molar-refractivity contribution in [1.29, 1.82) is 0 Å². The van der Waals surface area contributed by atoms with Crippen molar-refractivity contribution in [2.24, 2.45) is 0 Å². The van der Waals surface area contributed by atoms with E-state index in [1.807, 2.05) is 54.6 Å². The van der Waals surface area contributed by atoms with E-state index in [0.29, 0.717) is 6.42 Å². The largest absolute Gasteiger partial charge is 0.481 e. The lowest BCUT2D eigenvalue weighted by atomic mass is 9.78. The van der Waals surface area contributed by atoms with Crippen molar-refractivity contribution in [1.82, 2.24) is 0 Å². The summed E-state index contributed by atoms with van der Waals surface area (Å²) in [5.41, 5.74) is 2.26. The summed E-state index contributed by atoms with van der Waals surface area (Å²) >= 11 is 0. The highest BCUT2D eigenvalue weighted by Gasteiger charge is 2.42. The Bertz CT molecular complexity index is 749. The lowest BCUT2D eigenvalue weighted by molar-refractivity contribution is -0.137. The molecule has 0 heterocycles. The summed E-state index contributed by atoms with van der Waals surface area (Å²) in [5, 5.41) is 11.9. The third-order valence-corrected chi connectivity index (χ3v) is 5.03. The van der Waals surface area contributed by atoms with Gasteiger partial charge in [-0.3, -0.25) is 9.59 Å². The minimum atomic E-state index is -0.816. The van der Waals surface area contributed by atoms with Gasteiger partial charge in [0, 0.05) is 12.1 Å². The number of carbonyl (C=O) groups is 2. The van der Waals surface area contributed by atoms with Crippen molar-refractivity contribution in [2.75, 3.05) is 5.32 Å². The maximum absolute atomic E-state index is 13.1. The Balaban J connectivity index is 1.78. The average molecular weight is 337 g/mol. The van der Waals surface area contributed by atoms with E-state index in [9.17, 15) is 9.59 Å². The molecule has 1 fully saturated rings. The van der Waals surface area contributed by atoms with E-state index < -0.39 is 11.4 Å². The molecule has 0 bridgehead atoms. The molecule has 2 aromatic carbocycles. The van der Waals surface area contributed by atoms with E-state index >= 15 is 0 Å². The molecule has 4 nitrogen and oxygen atoms in total. The first-order valence-electron chi connectivity index (χ1n) is 8.78. The number of carbonyl (C=O) groups excluding carboxylic acids is 1. The molecular weight excluding hydrogens is 314 g/mol. The van der Waals surface area contributed by atoms with Crippen molar-refractivity contribution < 1.29 is 14.7 Å². The molecule has 2 aromatic rings. The Morgan fingerprint density at radius 2 is 1.72 bits per heavy atom. The fourth-order valence-electron chi connectivity index (χ4n) is 3.69. The van der Waals surface area contributed by atoms with Gasteiger partial charge in [-0.2, -0.15) is 0 Å². The molecule has 3 rings (SSSR count). The average Bonchev–Trinajstić information content (AvgIpc) is 3.12. The molecule has 25 heavy (non-hydrogen) atoms. The summed E-state index contributed by atoms with van der Waals surface area (Å²) < 4.78 is 0. The third-order valence-electron chi connectivity index (χ3n) is 5.03. The highest BCUT2D eigenvalue weighted by Crippen LogP contribution is 2.42. The first-order chi connectivity index (χ1) is 12.1. The van der Waals surface area contributed by atoms with Crippen LogP contribution in [-0.4, -0.2) is 17.0 Å². The summed E-state index contributed by atoms with van der Waals surface area (Å²) in [6, 6.07) is 17.5. The van der Waals surface area contributed by atoms with Crippen LogP contribution in [0.25, 0.3) is 0 Å². The Kier molecular flexibility index (Phi) is 5.17. The second kappa shape index (κ2) is 7.51. The van der Waals surface area contributed by atoms with Gasteiger partial charge in [0.25, 0.3) is 0 Å². The van der Waals surface area contributed by atoms with Gasteiger partial charge in [-0.05, 0) is 42.5 Å². The maximum atomic E-state index is 13.1. The zero-order valence-electron chi connectivity index (χ0n) is 14.2. The van der Waals surface area contributed by atoms with Gasteiger partial charge in [-0.15, -0.1) is 0 Å². The number of anilines is 1. The molecule has 2 N–H and O–H groups in total. The van der Waals surface area contributed by atoms with Gasteiger partial charge in [-0.1, -0.05) is 55.3 Å². The number of rotatable bonds is 6. The molecule has 0 spiro atoms. The summed E-state index contributed by atoms with van der Waals surface area (Å²) in [6.07, 6.45) is 4.39. The highest BCUT2D eigenvalue weighted by atomic mass is 16.4. The van der Waals surface area contributed by atoms with Crippen LogP contribution in [-0.2, 0) is 21.4 Å². The molecular formula is C21H23NO3. The molecule has 1 aliphatic rings. The number of carboxylic acid groups (broad SMARTS) is 1. The number of amides is 1. The normalized spacial score (nSPS) is 15.7. The number of aryl methyl sites for hydroxylation is 1. The second-order valence-corrected chi connectivity index (χ2v) is 6.70. The standard InChI is InChI=1S/C21H23NO3/c23-19(24)12-11-16-7-6-10-18(15-16)22-20(25)21(13-4-5-14-21)17-8-2-1-3-9-17/h1-3,6-10,15H,4-5,11-14H2,(H,22,25)(H,23,24). The Hall–Kier alpha value is -2.62. The lowest BCUT2D eigenvalue weighted by Gasteiger charge is -2.28. The fraction of sp³-hybridized carbons (Fsp3) is 0.333. The Morgan fingerprint density at radius 1 is 1.00 bits per heavy atom. The highest BCUT2D eigenvalue weighted by molar-refractivity contribution is 5.99. The molecule has 0 atom stereocenters. The first kappa shape index (κ1) is 17.2. The van der Waals surface area contributed by atoms with E-state index in [1.54, 1.807) is 0 Å². The predicted molar refractivity (Wildman–Crippen MR) is 97.6 cm³/mol. The van der Waals surface area contributed by atoms with Crippen LogP contribution in [0.15, 0.2) is 54.6 Å². The zero-order chi connectivity index (χ0) is 17.7. The van der Waals surface area contributed by atoms with Crippen molar-refractivity contribution in [2.45, 2.75) is 43.9 Å². The van der Waals surface area contributed by atoms with Crippen molar-refractivity contribution in [3.8, 4) is 0 Å². The topological polar surface area (TPSA) is 66.4 Å². The molecule has 0 aliphatic heterocycles. The van der Waals surface area contributed by atoms with Crippen LogP contribution >= 0.6 is 0 Å². The number of hydrogen-bond acceptors (Lipinski definition) is 2. The minimum Gasteiger partial charge on any atom is -0.481 e. The number of aliphatic carboxylic acids is 1. The molecule has 0 aromatic heterocycles. The molecule has 0 unspecified atom stereocenters. The van der Waals surface area contributed by atoms with Crippen LogP contribution in [0.5, 0.6) is 0 Å². The van der Waals surface area contributed by atoms with Crippen molar-refractivity contribution in [3.63, 3.8) is 0 Å². The molecule has 1 saturated carbocycles. The third kappa shape index (κ3) is 3.90. The first-order valence-corrected chi connectivity index (χ1v) is 8.78. The molecule has 130 valence electrons. The van der Waals surface area contributed by atoms with Crippen LogP contribution < -0.4 is 5.32 Å². The van der Waals surface area contributed by atoms with E-state index in [2.05, 4.69) is 5.32 Å². The van der Waals surface area contributed by atoms with Gasteiger partial charge in [0.05, 0.1) is 5.41 Å². The molecule has 0 radical (unpaired) electrons. The summed E-state index contributed by atoms with van der Waals surface area (Å²) in [5.74, 6) is -0.782. The van der Waals surface area contributed by atoms with E-state index in [4.69, 9.17) is 5.11 Å². The summed E-state index contributed by atoms with van der Waals surface area (Å²) in [4.78, 5) is 23.8. The van der Waals surface area contributed by atoms with Gasteiger partial charge >= 0.3 is 5.97 Å². The molecule has 0 saturated heterocycles. The van der Waals surface area contributed by atoms with Crippen LogP contribution in [0.2, 0.25) is 0 Å². The summed E-state index contributed by atoms with van der Waals surface area (Å²) in [6.45, 7) is 0. The van der Waals surface area contributed by atoms with Gasteiger partial charge in [0.15, 0.2) is 0 Å². The van der Waals surface area contributed by atoms with E-state index in [1.165, 1.54) is 0 Å². The smallest absolute Gasteiger partial charge is 0.303 e. The number of benzene rings is 2. The number of hydrogen-bond donors (Lipinski definition) is 2. The summed E-state index contributed by atoms with van der Waals surface area (Å²) in [7, 11) is 0. The maximum Gasteiger partial charge on any atom is 0.303 e. The Labute approximate surface area is 147 Å². The quantitative estimate of drug-likeness (QED) is 0.832. The van der Waals surface area contributed by atoms with Crippen LogP contribution in [0.4, 0.5) is 5.69 Å². The van der Waals surface area contributed by atoms with Crippen LogP contribution in [0.3, 0.4) is 0 Å². The number of nitrogens with one attached hydrogen (secondary N) is 1. The predicted octanol–water partition coefficient (Wildman–Crippen LogP) is 4.15. The fourth-order valence-corrected chi connectivity index (χ4v) is 3.69. The molecule has 1 aliphatic carbocycles. The lowest BCUT2D eigenvalue weighted by Crippen LogP contribution is -2.37. The van der Waals surface area contributed by atoms with E-state index in [-0.39, 0.29) is 12.3 Å². The SMILES string of the molecule is O=C(O)CCc1cccc(NC(=O)C2(c3ccccc3)CCCC2)c1. The Morgan fingerprint density at radius 3 is 2.40 bits per heavy atom. The second-order valence-electron chi connectivity index (χ2n) is 6.70.